The summed E-state index contributed by atoms with van der Waals surface area (Å²) in [4.78, 5) is 57.0. The summed E-state index contributed by atoms with van der Waals surface area (Å²) < 4.78 is 11.3. The van der Waals surface area contributed by atoms with Gasteiger partial charge >= 0.3 is 0 Å². The number of piperidine rings is 1. The molecule has 3 aliphatic heterocycles. The molecule has 47 heavy (non-hydrogen) atoms. The molecule has 248 valence electrons. The smallest absolute Gasteiger partial charge is 0.253 e. The van der Waals surface area contributed by atoms with E-state index in [9.17, 15) is 24.3 Å². The first-order valence-corrected chi connectivity index (χ1v) is 16.7. The maximum Gasteiger partial charge on any atom is 0.253 e. The molecule has 2 aromatic carbocycles. The van der Waals surface area contributed by atoms with Gasteiger partial charge in [0.05, 0.1) is 26.1 Å². The number of hydrogen-bond donors (Lipinski definition) is 1. The molecule has 12 heteroatoms. The Hall–Kier alpha value is -3.60. The van der Waals surface area contributed by atoms with Crippen LogP contribution in [0.3, 0.4) is 0 Å². The molecule has 10 nitrogen and oxygen atoms in total. The average Bonchev–Trinajstić information content (AvgIpc) is 3.40. The lowest BCUT2D eigenvalue weighted by molar-refractivity contribution is -0.144. The topological polar surface area (TPSA) is 117 Å². The van der Waals surface area contributed by atoms with Crippen LogP contribution in [0.1, 0.15) is 42.7 Å². The number of aromatic hydroxyl groups is 1. The number of carbonyl (C=O) groups is 4. The van der Waals surface area contributed by atoms with Crippen molar-refractivity contribution in [2.24, 2.45) is 17.8 Å². The fraction of sp³-hybridized carbons (Fsp3) is 0.486. The van der Waals surface area contributed by atoms with Crippen LogP contribution < -0.4 is 9.47 Å². The third-order valence-corrected chi connectivity index (χ3v) is 12.5. The molecule has 0 radical (unpaired) electrons. The number of likely N-dealkylation sites (tertiary alicyclic amines) is 3. The number of ether oxygens (including phenoxy) is 2. The second kappa shape index (κ2) is 11.5. The molecule has 2 aliphatic carbocycles. The summed E-state index contributed by atoms with van der Waals surface area (Å²) in [5.41, 5.74) is 2.18. The lowest BCUT2D eigenvalue weighted by atomic mass is 9.56. The zero-order valence-electron chi connectivity index (χ0n) is 26.4. The van der Waals surface area contributed by atoms with E-state index in [-0.39, 0.29) is 47.9 Å². The number of carbonyl (C=O) groups excluding carboxylic acids is 4. The van der Waals surface area contributed by atoms with Gasteiger partial charge in [0.15, 0.2) is 9.75 Å². The van der Waals surface area contributed by atoms with E-state index in [1.54, 1.807) is 0 Å². The standard InChI is InChI=1S/C35H37Cl2N3O7/c1-38-32(44)34(36)17-24-22(29(35(34,37)33(38)45)28-25(46-2)15-21(41)16-26(28)47-3)9-10-23-27(24)31(43)40(30(23)42)20-11-13-39(14-12-20)18-19-7-5-4-6-8-19/h4-9,15-16,20,23-24,27,29,41H,10-14,17-18H2,1-3H3. The molecule has 3 saturated heterocycles. The molecule has 2 aromatic rings. The van der Waals surface area contributed by atoms with Gasteiger partial charge in [-0.3, -0.25) is 33.9 Å². The summed E-state index contributed by atoms with van der Waals surface area (Å²) in [5.74, 6) is -4.70. The minimum atomic E-state index is -2.00. The van der Waals surface area contributed by atoms with E-state index in [0.717, 1.165) is 24.5 Å². The first-order chi connectivity index (χ1) is 22.5. The van der Waals surface area contributed by atoms with Crippen LogP contribution in [0.2, 0.25) is 0 Å². The molecule has 1 saturated carbocycles. The van der Waals surface area contributed by atoms with Gasteiger partial charge in [-0.1, -0.05) is 42.0 Å². The Morgan fingerprint density at radius 1 is 0.915 bits per heavy atom. The zero-order chi connectivity index (χ0) is 33.4. The van der Waals surface area contributed by atoms with Gasteiger partial charge in [-0.25, -0.2) is 0 Å². The van der Waals surface area contributed by atoms with Crippen LogP contribution >= 0.6 is 23.2 Å². The fourth-order valence-corrected chi connectivity index (χ4v) is 9.84. The molecule has 4 fully saturated rings. The molecule has 4 amide bonds. The average molecular weight is 683 g/mol. The van der Waals surface area contributed by atoms with E-state index in [1.807, 2.05) is 24.3 Å². The molecule has 3 heterocycles. The Labute approximate surface area is 283 Å². The second-order valence-corrected chi connectivity index (χ2v) is 14.5. The van der Waals surface area contributed by atoms with Crippen molar-refractivity contribution in [3.05, 3.63) is 65.2 Å². The van der Waals surface area contributed by atoms with Gasteiger partial charge in [-0.05, 0) is 37.2 Å². The third-order valence-electron chi connectivity index (χ3n) is 11.0. The second-order valence-electron chi connectivity index (χ2n) is 13.3. The number of nitrogens with zero attached hydrogens (tertiary/aromatic N) is 3. The number of imide groups is 2. The van der Waals surface area contributed by atoms with Crippen molar-refractivity contribution in [3.63, 3.8) is 0 Å². The van der Waals surface area contributed by atoms with Crippen molar-refractivity contribution in [2.45, 2.75) is 53.9 Å². The largest absolute Gasteiger partial charge is 0.508 e. The monoisotopic (exact) mass is 681 g/mol. The van der Waals surface area contributed by atoms with Crippen LogP contribution in [0.15, 0.2) is 54.1 Å². The molecule has 6 unspecified atom stereocenters. The van der Waals surface area contributed by atoms with E-state index in [4.69, 9.17) is 32.7 Å². The number of fused-ring (bicyclic) bond motifs is 4. The van der Waals surface area contributed by atoms with E-state index < -0.39 is 45.2 Å². The van der Waals surface area contributed by atoms with Gasteiger partial charge in [0.1, 0.15) is 17.2 Å². The van der Waals surface area contributed by atoms with Crippen LogP contribution in [0.4, 0.5) is 0 Å². The number of rotatable bonds is 6. The lowest BCUT2D eigenvalue weighted by Gasteiger charge is -2.51. The van der Waals surface area contributed by atoms with Gasteiger partial charge in [-0.15, -0.1) is 23.2 Å². The molecule has 1 N–H and O–H groups in total. The van der Waals surface area contributed by atoms with Gasteiger partial charge in [0.2, 0.25) is 11.8 Å². The highest BCUT2D eigenvalue weighted by Crippen LogP contribution is 2.67. The van der Waals surface area contributed by atoms with Gasteiger partial charge in [0.25, 0.3) is 11.8 Å². The van der Waals surface area contributed by atoms with Crippen molar-refractivity contribution in [1.29, 1.82) is 0 Å². The number of alkyl halides is 2. The zero-order valence-corrected chi connectivity index (χ0v) is 28.0. The molecule has 5 aliphatic rings. The van der Waals surface area contributed by atoms with Crippen LogP contribution in [0.5, 0.6) is 17.2 Å². The molecule has 0 aromatic heterocycles. The summed E-state index contributed by atoms with van der Waals surface area (Å²) in [7, 11) is 4.17. The van der Waals surface area contributed by atoms with Crippen LogP contribution in [0.25, 0.3) is 0 Å². The van der Waals surface area contributed by atoms with Crippen molar-refractivity contribution in [3.8, 4) is 17.2 Å². The molecular weight excluding hydrogens is 645 g/mol. The van der Waals surface area contributed by atoms with Crippen molar-refractivity contribution in [1.82, 2.24) is 14.7 Å². The quantitative estimate of drug-likeness (QED) is 0.276. The molecule has 7 rings (SSSR count). The van der Waals surface area contributed by atoms with Gasteiger partial charge in [0, 0.05) is 56.3 Å². The Kier molecular flexibility index (Phi) is 7.84. The number of phenolic OH excluding ortho intramolecular Hbond substituents is 1. The molecular formula is C35H37Cl2N3O7. The van der Waals surface area contributed by atoms with Crippen molar-refractivity contribution >= 4 is 46.8 Å². The lowest BCUT2D eigenvalue weighted by Crippen LogP contribution is -2.60. The van der Waals surface area contributed by atoms with Gasteiger partial charge in [-0.2, -0.15) is 0 Å². The van der Waals surface area contributed by atoms with E-state index in [1.165, 1.54) is 43.9 Å². The minimum absolute atomic E-state index is 0.0957. The predicted octanol–water partition coefficient (Wildman–Crippen LogP) is 4.06. The maximum atomic E-state index is 14.4. The molecule has 0 spiro atoms. The number of hydrogen-bond acceptors (Lipinski definition) is 8. The predicted molar refractivity (Wildman–Crippen MR) is 173 cm³/mol. The van der Waals surface area contributed by atoms with Gasteiger partial charge < -0.3 is 14.6 Å². The van der Waals surface area contributed by atoms with Crippen molar-refractivity contribution in [2.75, 3.05) is 34.4 Å². The Morgan fingerprint density at radius 3 is 2.17 bits per heavy atom. The first-order valence-electron chi connectivity index (χ1n) is 15.9. The third kappa shape index (κ3) is 4.54. The Balaban J connectivity index is 1.25. The summed E-state index contributed by atoms with van der Waals surface area (Å²) in [6.07, 6.45) is 3.39. The number of amides is 4. The SMILES string of the molecule is COc1cc(O)cc(OC)c1C1C2=CCC3C(=O)N(C4CCN(Cc5ccccc5)CC4)C(=O)C3C2CC2(Cl)C(=O)N(C)C(=O)C12Cl. The molecule has 0 bridgehead atoms. The maximum absolute atomic E-state index is 14.4. The van der Waals surface area contributed by atoms with Crippen molar-refractivity contribution < 1.29 is 33.8 Å². The Morgan fingerprint density at radius 2 is 1.55 bits per heavy atom. The highest BCUT2D eigenvalue weighted by atomic mass is 35.5. The van der Waals surface area contributed by atoms with E-state index >= 15 is 0 Å². The number of methoxy groups -OCH3 is 2. The summed E-state index contributed by atoms with van der Waals surface area (Å²) in [6.45, 7) is 2.31. The number of allylic oxidation sites excluding steroid dienone is 2. The normalized spacial score (nSPS) is 32.7. The number of phenols is 1. The fourth-order valence-electron chi connectivity index (χ4n) is 8.83. The van der Waals surface area contributed by atoms with E-state index in [2.05, 4.69) is 17.0 Å². The number of halogens is 2. The van der Waals surface area contributed by atoms with Crippen LogP contribution in [-0.4, -0.2) is 93.6 Å². The van der Waals surface area contributed by atoms with Crippen LogP contribution in [0, 0.1) is 17.8 Å². The summed E-state index contributed by atoms with van der Waals surface area (Å²) >= 11 is 14.6. The Bertz CT molecular complexity index is 1670. The number of benzene rings is 2. The van der Waals surface area contributed by atoms with Crippen LogP contribution in [-0.2, 0) is 25.7 Å². The van der Waals surface area contributed by atoms with E-state index in [0.29, 0.717) is 24.0 Å². The highest BCUT2D eigenvalue weighted by molar-refractivity contribution is 6.53. The molecule has 6 atom stereocenters. The first kappa shape index (κ1) is 32.0. The summed E-state index contributed by atoms with van der Waals surface area (Å²) in [5, 5.41) is 10.4. The summed E-state index contributed by atoms with van der Waals surface area (Å²) in [6, 6.07) is 12.7. The highest BCUT2D eigenvalue weighted by Gasteiger charge is 2.76. The minimum Gasteiger partial charge on any atom is -0.508 e.